The largest absolute Gasteiger partial charge is 0.212 e. The highest BCUT2D eigenvalue weighted by Gasteiger charge is 2.21. The fourth-order valence-corrected chi connectivity index (χ4v) is 3.48. The third-order valence-electron chi connectivity index (χ3n) is 2.68. The van der Waals surface area contributed by atoms with Crippen molar-refractivity contribution in [3.8, 4) is 0 Å². The van der Waals surface area contributed by atoms with Gasteiger partial charge in [-0.3, -0.25) is 0 Å². The maximum atomic E-state index is 11.9. The van der Waals surface area contributed by atoms with E-state index in [2.05, 4.69) is 4.72 Å². The Bertz CT molecular complexity index is 445. The van der Waals surface area contributed by atoms with Crippen LogP contribution in [0.1, 0.15) is 31.9 Å². The molecule has 102 valence electrons. The van der Waals surface area contributed by atoms with Crippen LogP contribution in [0.2, 0.25) is 0 Å². The number of hydrogen-bond acceptors (Lipinski definition) is 2. The molecule has 0 fully saturated rings. The average molecular weight is 290 g/mol. The SMILES string of the molecule is CC(C)C(NS(=O)(=O)CCCCl)c1ccccc1. The van der Waals surface area contributed by atoms with Crippen LogP contribution >= 0.6 is 11.6 Å². The van der Waals surface area contributed by atoms with Gasteiger partial charge in [0, 0.05) is 11.9 Å². The lowest BCUT2D eigenvalue weighted by molar-refractivity contribution is 0.463. The number of hydrogen-bond donors (Lipinski definition) is 1. The third kappa shape index (κ3) is 4.96. The second kappa shape index (κ2) is 7.12. The number of sulfonamides is 1. The van der Waals surface area contributed by atoms with Gasteiger partial charge in [0.2, 0.25) is 10.0 Å². The van der Waals surface area contributed by atoms with Gasteiger partial charge in [0.1, 0.15) is 0 Å². The third-order valence-corrected chi connectivity index (χ3v) is 4.39. The van der Waals surface area contributed by atoms with Crippen molar-refractivity contribution in [3.05, 3.63) is 35.9 Å². The Labute approximate surface area is 115 Å². The summed E-state index contributed by atoms with van der Waals surface area (Å²) in [5, 5.41) is 0. The van der Waals surface area contributed by atoms with Crippen molar-refractivity contribution in [2.24, 2.45) is 5.92 Å². The maximum absolute atomic E-state index is 11.9. The molecule has 0 amide bonds. The van der Waals surface area contributed by atoms with E-state index in [-0.39, 0.29) is 17.7 Å². The Kier molecular flexibility index (Phi) is 6.12. The monoisotopic (exact) mass is 289 g/mol. The molecule has 1 N–H and O–H groups in total. The van der Waals surface area contributed by atoms with E-state index < -0.39 is 10.0 Å². The first-order chi connectivity index (χ1) is 8.46. The standard InChI is InChI=1S/C13H20ClNO2S/c1-11(2)13(12-7-4-3-5-8-12)15-18(16,17)10-6-9-14/h3-5,7-8,11,13,15H,6,9-10H2,1-2H3. The van der Waals surface area contributed by atoms with Gasteiger partial charge < -0.3 is 0 Å². The molecule has 0 spiro atoms. The minimum absolute atomic E-state index is 0.0759. The van der Waals surface area contributed by atoms with E-state index >= 15 is 0 Å². The Balaban J connectivity index is 2.82. The van der Waals surface area contributed by atoms with Crippen LogP contribution in [0.25, 0.3) is 0 Å². The molecular formula is C13H20ClNO2S. The van der Waals surface area contributed by atoms with Gasteiger partial charge in [0.15, 0.2) is 0 Å². The molecule has 3 nitrogen and oxygen atoms in total. The molecule has 5 heteroatoms. The van der Waals surface area contributed by atoms with Crippen LogP contribution in [0.5, 0.6) is 0 Å². The van der Waals surface area contributed by atoms with Crippen molar-refractivity contribution in [1.29, 1.82) is 0 Å². The van der Waals surface area contributed by atoms with Gasteiger partial charge in [-0.2, -0.15) is 0 Å². The zero-order valence-electron chi connectivity index (χ0n) is 10.8. The Morgan fingerprint density at radius 3 is 2.33 bits per heavy atom. The van der Waals surface area contributed by atoms with Crippen LogP contribution in [0.4, 0.5) is 0 Å². The van der Waals surface area contributed by atoms with Crippen molar-refractivity contribution in [2.75, 3.05) is 11.6 Å². The van der Waals surface area contributed by atoms with E-state index in [0.29, 0.717) is 12.3 Å². The number of alkyl halides is 1. The van der Waals surface area contributed by atoms with Crippen LogP contribution < -0.4 is 4.72 Å². The first-order valence-corrected chi connectivity index (χ1v) is 8.26. The highest BCUT2D eigenvalue weighted by molar-refractivity contribution is 7.89. The predicted molar refractivity (Wildman–Crippen MR) is 76.3 cm³/mol. The highest BCUT2D eigenvalue weighted by atomic mass is 35.5. The molecular weight excluding hydrogens is 270 g/mol. The topological polar surface area (TPSA) is 46.2 Å². The van der Waals surface area contributed by atoms with Crippen LogP contribution in [-0.4, -0.2) is 20.1 Å². The van der Waals surface area contributed by atoms with Gasteiger partial charge in [-0.25, -0.2) is 13.1 Å². The average Bonchev–Trinajstić information content (AvgIpc) is 2.34. The molecule has 0 aliphatic rings. The van der Waals surface area contributed by atoms with Gasteiger partial charge in [-0.1, -0.05) is 44.2 Å². The van der Waals surface area contributed by atoms with Crippen LogP contribution in [-0.2, 0) is 10.0 Å². The quantitative estimate of drug-likeness (QED) is 0.785. The molecule has 0 saturated carbocycles. The number of halogens is 1. The minimum atomic E-state index is -3.27. The first-order valence-electron chi connectivity index (χ1n) is 6.07. The smallest absolute Gasteiger partial charge is 0.212 e. The summed E-state index contributed by atoms with van der Waals surface area (Å²) < 4.78 is 26.6. The van der Waals surface area contributed by atoms with E-state index in [0.717, 1.165) is 5.56 Å². The minimum Gasteiger partial charge on any atom is -0.212 e. The maximum Gasteiger partial charge on any atom is 0.212 e. The zero-order chi connectivity index (χ0) is 13.6. The summed E-state index contributed by atoms with van der Waals surface area (Å²) >= 11 is 5.53. The van der Waals surface area contributed by atoms with Crippen molar-refractivity contribution in [2.45, 2.75) is 26.3 Å². The molecule has 0 aliphatic heterocycles. The molecule has 1 atom stereocenters. The summed E-state index contributed by atoms with van der Waals surface area (Å²) in [6, 6.07) is 9.44. The lowest BCUT2D eigenvalue weighted by Crippen LogP contribution is -2.33. The van der Waals surface area contributed by atoms with E-state index in [9.17, 15) is 8.42 Å². The molecule has 0 radical (unpaired) electrons. The Morgan fingerprint density at radius 1 is 1.22 bits per heavy atom. The number of rotatable bonds is 7. The summed E-state index contributed by atoms with van der Waals surface area (Å²) in [4.78, 5) is 0. The molecule has 1 aromatic carbocycles. The normalized spacial score (nSPS) is 13.8. The molecule has 1 unspecified atom stereocenters. The summed E-state index contributed by atoms with van der Waals surface area (Å²) in [6.07, 6.45) is 0.469. The molecule has 0 saturated heterocycles. The summed E-state index contributed by atoms with van der Waals surface area (Å²) in [5.41, 5.74) is 0.988. The zero-order valence-corrected chi connectivity index (χ0v) is 12.3. The van der Waals surface area contributed by atoms with Gasteiger partial charge in [0.05, 0.1) is 5.75 Å². The fraction of sp³-hybridized carbons (Fsp3) is 0.538. The van der Waals surface area contributed by atoms with Gasteiger partial charge in [0.25, 0.3) is 0 Å². The van der Waals surface area contributed by atoms with E-state index in [1.165, 1.54) is 0 Å². The lowest BCUT2D eigenvalue weighted by Gasteiger charge is -2.22. The van der Waals surface area contributed by atoms with Crippen LogP contribution in [0.15, 0.2) is 30.3 Å². The lowest BCUT2D eigenvalue weighted by atomic mass is 9.97. The molecule has 1 aromatic rings. The van der Waals surface area contributed by atoms with Gasteiger partial charge in [-0.15, -0.1) is 11.6 Å². The molecule has 1 rings (SSSR count). The van der Waals surface area contributed by atoms with E-state index in [1.54, 1.807) is 0 Å². The second-order valence-corrected chi connectivity index (χ2v) is 6.86. The number of benzene rings is 1. The summed E-state index contributed by atoms with van der Waals surface area (Å²) in [5.74, 6) is 0.628. The Hall–Kier alpha value is -0.580. The van der Waals surface area contributed by atoms with Crippen molar-refractivity contribution < 1.29 is 8.42 Å². The fourth-order valence-electron chi connectivity index (χ4n) is 1.75. The number of nitrogens with one attached hydrogen (secondary N) is 1. The molecule has 0 aliphatic carbocycles. The summed E-state index contributed by atoms with van der Waals surface area (Å²) in [6.45, 7) is 4.00. The summed E-state index contributed by atoms with van der Waals surface area (Å²) in [7, 11) is -3.27. The van der Waals surface area contributed by atoms with Crippen LogP contribution in [0, 0.1) is 5.92 Å². The van der Waals surface area contributed by atoms with Crippen LogP contribution in [0.3, 0.4) is 0 Å². The molecule has 0 aromatic heterocycles. The predicted octanol–water partition coefficient (Wildman–Crippen LogP) is 2.93. The van der Waals surface area contributed by atoms with Gasteiger partial charge >= 0.3 is 0 Å². The first kappa shape index (κ1) is 15.5. The van der Waals surface area contributed by atoms with Crippen molar-refractivity contribution in [3.63, 3.8) is 0 Å². The molecule has 0 heterocycles. The van der Waals surface area contributed by atoms with E-state index in [1.807, 2.05) is 44.2 Å². The molecule has 0 bridgehead atoms. The molecule has 18 heavy (non-hydrogen) atoms. The van der Waals surface area contributed by atoms with Gasteiger partial charge in [-0.05, 0) is 17.9 Å². The van der Waals surface area contributed by atoms with E-state index in [4.69, 9.17) is 11.6 Å². The van der Waals surface area contributed by atoms with Crippen molar-refractivity contribution >= 4 is 21.6 Å². The Morgan fingerprint density at radius 2 is 1.83 bits per heavy atom. The second-order valence-electron chi connectivity index (χ2n) is 4.61. The van der Waals surface area contributed by atoms with Crippen molar-refractivity contribution in [1.82, 2.24) is 4.72 Å². The highest BCUT2D eigenvalue weighted by Crippen LogP contribution is 2.22.